The number of amides is 3. The van der Waals surface area contributed by atoms with Crippen LogP contribution in [0, 0.1) is 5.82 Å². The van der Waals surface area contributed by atoms with E-state index in [2.05, 4.69) is 32.6 Å². The normalized spacial score (nSPS) is 13.8. The number of allylic oxidation sites excluding steroid dienone is 1. The van der Waals surface area contributed by atoms with Gasteiger partial charge in [-0.15, -0.1) is 0 Å². The smallest absolute Gasteiger partial charge is 0.321 e. The van der Waals surface area contributed by atoms with Crippen LogP contribution in [0.1, 0.15) is 32.1 Å². The highest BCUT2D eigenvalue weighted by Gasteiger charge is 2.10. The molecule has 7 heteroatoms. The fourth-order valence-electron chi connectivity index (χ4n) is 2.41. The lowest BCUT2D eigenvalue weighted by atomic mass is 9.97. The molecule has 1 aliphatic carbocycles. The van der Waals surface area contributed by atoms with Crippen LogP contribution in [0.2, 0.25) is 0 Å². The van der Waals surface area contributed by atoms with Crippen LogP contribution in [0.4, 0.5) is 9.18 Å². The van der Waals surface area contributed by atoms with E-state index in [1.54, 1.807) is 0 Å². The Balaban J connectivity index is 1.66. The van der Waals surface area contributed by atoms with Gasteiger partial charge in [0, 0.05) is 6.54 Å². The highest BCUT2D eigenvalue weighted by Crippen LogP contribution is 2.25. The van der Waals surface area contributed by atoms with Crippen LogP contribution in [0.25, 0.3) is 0 Å². The van der Waals surface area contributed by atoms with E-state index in [4.69, 9.17) is 4.74 Å². The van der Waals surface area contributed by atoms with Gasteiger partial charge < -0.3 is 10.1 Å². The minimum atomic E-state index is -0.569. The van der Waals surface area contributed by atoms with Crippen molar-refractivity contribution in [1.29, 1.82) is 0 Å². The van der Waals surface area contributed by atoms with Crippen molar-refractivity contribution in [2.75, 3.05) is 13.2 Å². The quantitative estimate of drug-likeness (QED) is 0.718. The summed E-state index contributed by atoms with van der Waals surface area (Å²) in [6.07, 6.45) is 7.66. The Kier molecular flexibility index (Phi) is 7.24. The molecule has 2 rings (SSSR count). The van der Waals surface area contributed by atoms with Crippen molar-refractivity contribution >= 4 is 27.9 Å². The molecule has 2 N–H and O–H groups in total. The highest BCUT2D eigenvalue weighted by atomic mass is 79.9. The van der Waals surface area contributed by atoms with Gasteiger partial charge in [-0.05, 0) is 66.2 Å². The standard InChI is InChI=1S/C17H20BrFN2O3/c18-14-10-13(19)6-7-15(14)24-11-16(22)21-17(23)20-9-8-12-4-2-1-3-5-12/h4,6-7,10H,1-3,5,8-9,11H2,(H2,20,21,22,23). The summed E-state index contributed by atoms with van der Waals surface area (Å²) in [4.78, 5) is 23.3. The zero-order chi connectivity index (χ0) is 17.4. The van der Waals surface area contributed by atoms with Crippen LogP contribution in [0.3, 0.4) is 0 Å². The van der Waals surface area contributed by atoms with E-state index in [-0.39, 0.29) is 6.61 Å². The van der Waals surface area contributed by atoms with E-state index in [1.807, 2.05) is 0 Å². The number of carbonyl (C=O) groups is 2. The van der Waals surface area contributed by atoms with Gasteiger partial charge >= 0.3 is 6.03 Å². The Morgan fingerprint density at radius 3 is 2.83 bits per heavy atom. The molecule has 0 aliphatic heterocycles. The van der Waals surface area contributed by atoms with Crippen molar-refractivity contribution in [3.8, 4) is 5.75 Å². The first-order chi connectivity index (χ1) is 11.5. The summed E-state index contributed by atoms with van der Waals surface area (Å²) in [5.74, 6) is -0.650. The summed E-state index contributed by atoms with van der Waals surface area (Å²) < 4.78 is 18.6. The Morgan fingerprint density at radius 1 is 1.29 bits per heavy atom. The van der Waals surface area contributed by atoms with E-state index in [0.29, 0.717) is 16.8 Å². The molecule has 0 unspecified atom stereocenters. The second kappa shape index (κ2) is 9.42. The number of benzene rings is 1. The molecule has 0 bridgehead atoms. The molecule has 0 aromatic heterocycles. The maximum Gasteiger partial charge on any atom is 0.321 e. The average Bonchev–Trinajstić information content (AvgIpc) is 2.55. The Morgan fingerprint density at radius 2 is 2.12 bits per heavy atom. The summed E-state index contributed by atoms with van der Waals surface area (Å²) >= 11 is 3.14. The number of carbonyl (C=O) groups excluding carboxylic acids is 2. The van der Waals surface area contributed by atoms with Gasteiger partial charge in [-0.25, -0.2) is 9.18 Å². The molecule has 0 radical (unpaired) electrons. The zero-order valence-electron chi connectivity index (χ0n) is 13.2. The van der Waals surface area contributed by atoms with Crippen molar-refractivity contribution in [3.63, 3.8) is 0 Å². The molecule has 0 heterocycles. The SMILES string of the molecule is O=C(COc1ccc(F)cc1Br)NC(=O)NCCC1=CCCCC1. The monoisotopic (exact) mass is 398 g/mol. The molecule has 1 aliphatic rings. The third kappa shape index (κ3) is 6.31. The Labute approximate surface area is 148 Å². The van der Waals surface area contributed by atoms with Crippen LogP contribution >= 0.6 is 15.9 Å². The molecule has 24 heavy (non-hydrogen) atoms. The van der Waals surface area contributed by atoms with Crippen LogP contribution < -0.4 is 15.4 Å². The lowest BCUT2D eigenvalue weighted by Gasteiger charge is -2.13. The van der Waals surface area contributed by atoms with E-state index in [1.165, 1.54) is 36.6 Å². The predicted octanol–water partition coefficient (Wildman–Crippen LogP) is 3.68. The van der Waals surface area contributed by atoms with E-state index < -0.39 is 17.8 Å². The number of hydrogen-bond acceptors (Lipinski definition) is 3. The van der Waals surface area contributed by atoms with Gasteiger partial charge in [-0.3, -0.25) is 10.1 Å². The maximum atomic E-state index is 12.9. The maximum absolute atomic E-state index is 12.9. The summed E-state index contributed by atoms with van der Waals surface area (Å²) in [7, 11) is 0. The average molecular weight is 399 g/mol. The van der Waals surface area contributed by atoms with Gasteiger partial charge in [-0.2, -0.15) is 0 Å². The van der Waals surface area contributed by atoms with Gasteiger partial charge in [-0.1, -0.05) is 11.6 Å². The first-order valence-electron chi connectivity index (χ1n) is 7.88. The summed E-state index contributed by atoms with van der Waals surface area (Å²) in [6, 6.07) is 3.33. The number of hydrogen-bond donors (Lipinski definition) is 2. The van der Waals surface area contributed by atoms with Gasteiger partial charge in [0.2, 0.25) is 0 Å². The van der Waals surface area contributed by atoms with E-state index in [0.717, 1.165) is 19.3 Å². The van der Waals surface area contributed by atoms with Crippen molar-refractivity contribution in [1.82, 2.24) is 10.6 Å². The molecule has 0 spiro atoms. The molecule has 0 saturated heterocycles. The topological polar surface area (TPSA) is 67.4 Å². The molecule has 5 nitrogen and oxygen atoms in total. The summed E-state index contributed by atoms with van der Waals surface area (Å²) in [6.45, 7) is 0.165. The minimum absolute atomic E-state index is 0.330. The predicted molar refractivity (Wildman–Crippen MR) is 92.3 cm³/mol. The number of nitrogens with one attached hydrogen (secondary N) is 2. The highest BCUT2D eigenvalue weighted by molar-refractivity contribution is 9.10. The summed E-state index contributed by atoms with van der Waals surface area (Å²) in [5.41, 5.74) is 1.36. The van der Waals surface area contributed by atoms with Gasteiger partial charge in [0.1, 0.15) is 11.6 Å². The first-order valence-corrected chi connectivity index (χ1v) is 8.67. The van der Waals surface area contributed by atoms with Crippen LogP contribution in [0.5, 0.6) is 5.75 Å². The van der Waals surface area contributed by atoms with Crippen molar-refractivity contribution in [2.24, 2.45) is 0 Å². The third-order valence-corrected chi connectivity index (χ3v) is 4.24. The number of urea groups is 1. The lowest BCUT2D eigenvalue weighted by molar-refractivity contribution is -0.122. The van der Waals surface area contributed by atoms with Gasteiger partial charge in [0.15, 0.2) is 6.61 Å². The number of imide groups is 1. The van der Waals surface area contributed by atoms with E-state index in [9.17, 15) is 14.0 Å². The molecule has 1 aromatic carbocycles. The van der Waals surface area contributed by atoms with Crippen LogP contribution in [-0.2, 0) is 4.79 Å². The molecule has 0 fully saturated rings. The Hall–Kier alpha value is -1.89. The molecule has 0 saturated carbocycles. The third-order valence-electron chi connectivity index (χ3n) is 3.62. The molecule has 130 valence electrons. The first kappa shape index (κ1) is 18.4. The molecular formula is C17H20BrFN2O3. The fraction of sp³-hybridized carbons (Fsp3) is 0.412. The second-order valence-electron chi connectivity index (χ2n) is 5.53. The molecular weight excluding hydrogens is 379 g/mol. The van der Waals surface area contributed by atoms with Crippen molar-refractivity contribution < 1.29 is 18.7 Å². The summed E-state index contributed by atoms with van der Waals surface area (Å²) in [5, 5.41) is 4.85. The van der Waals surface area contributed by atoms with Crippen molar-refractivity contribution in [2.45, 2.75) is 32.1 Å². The largest absolute Gasteiger partial charge is 0.483 e. The Bertz CT molecular complexity index is 634. The van der Waals surface area contributed by atoms with E-state index >= 15 is 0 Å². The molecule has 0 atom stereocenters. The second-order valence-corrected chi connectivity index (χ2v) is 6.38. The van der Waals surface area contributed by atoms with Crippen LogP contribution in [-0.4, -0.2) is 25.1 Å². The molecule has 1 aromatic rings. The van der Waals surface area contributed by atoms with Crippen LogP contribution in [0.15, 0.2) is 34.3 Å². The molecule has 3 amide bonds. The number of halogens is 2. The fourth-order valence-corrected chi connectivity index (χ4v) is 2.88. The van der Waals surface area contributed by atoms with Gasteiger partial charge in [0.25, 0.3) is 5.91 Å². The lowest BCUT2D eigenvalue weighted by Crippen LogP contribution is -2.42. The van der Waals surface area contributed by atoms with Crippen molar-refractivity contribution in [3.05, 3.63) is 40.1 Å². The minimum Gasteiger partial charge on any atom is -0.483 e. The number of rotatable bonds is 6. The number of ether oxygens (including phenoxy) is 1. The zero-order valence-corrected chi connectivity index (χ0v) is 14.8. The van der Waals surface area contributed by atoms with Gasteiger partial charge in [0.05, 0.1) is 4.47 Å².